The predicted octanol–water partition coefficient (Wildman–Crippen LogP) is 2.98. The average Bonchev–Trinajstić information content (AvgIpc) is 3.35. The molecule has 0 bridgehead atoms. The van der Waals surface area contributed by atoms with Gasteiger partial charge in [-0.15, -0.1) is 0 Å². The van der Waals surface area contributed by atoms with Crippen molar-refractivity contribution in [3.63, 3.8) is 0 Å². The van der Waals surface area contributed by atoms with Crippen LogP contribution in [0.5, 0.6) is 5.75 Å². The average molecular weight is 452 g/mol. The number of aromatic nitrogens is 5. The smallest absolute Gasteiger partial charge is 0.435 e. The van der Waals surface area contributed by atoms with Gasteiger partial charge in [-0.25, -0.2) is 18.1 Å². The lowest BCUT2D eigenvalue weighted by atomic mass is 10.2. The minimum Gasteiger partial charge on any atom is -0.495 e. The van der Waals surface area contributed by atoms with Crippen molar-refractivity contribution < 1.29 is 26.3 Å². The molecule has 0 aliphatic carbocycles. The summed E-state index contributed by atoms with van der Waals surface area (Å²) in [5.41, 5.74) is -0.601. The zero-order valence-electron chi connectivity index (χ0n) is 16.1. The number of hydrogen-bond donors (Lipinski definition) is 1. The van der Waals surface area contributed by atoms with Crippen LogP contribution in [0.1, 0.15) is 5.69 Å². The lowest BCUT2D eigenvalue weighted by Gasteiger charge is -2.13. The fourth-order valence-electron chi connectivity index (χ4n) is 3.02. The van der Waals surface area contributed by atoms with Gasteiger partial charge in [-0.05, 0) is 30.3 Å². The molecule has 3 aromatic heterocycles. The second kappa shape index (κ2) is 7.27. The van der Waals surface area contributed by atoms with Crippen LogP contribution in [0.4, 0.5) is 18.9 Å². The van der Waals surface area contributed by atoms with E-state index in [1.54, 1.807) is 13.1 Å². The largest absolute Gasteiger partial charge is 0.495 e. The molecular weight excluding hydrogens is 437 g/mol. The minimum absolute atomic E-state index is 0.0877. The van der Waals surface area contributed by atoms with E-state index in [9.17, 15) is 21.6 Å². The van der Waals surface area contributed by atoms with Crippen molar-refractivity contribution in [3.05, 3.63) is 54.6 Å². The number of sulfonamides is 1. The van der Waals surface area contributed by atoms with Crippen molar-refractivity contribution in [3.8, 4) is 11.6 Å². The third kappa shape index (κ3) is 3.79. The molecule has 0 radical (unpaired) electrons. The molecule has 0 saturated carbocycles. The standard InChI is InChI=1S/C18H15F3N6O3S/c1-26-16-11(9-23-26)3-5-13(30-2)17(16)31(28,29)25-12-4-6-15(22-10-12)27-8-7-14(24-27)18(19,20)21/h3-10,25H,1-2H3. The van der Waals surface area contributed by atoms with Gasteiger partial charge in [0, 0.05) is 18.6 Å². The van der Waals surface area contributed by atoms with Gasteiger partial charge in [-0.1, -0.05) is 0 Å². The maximum atomic E-state index is 13.1. The number of ether oxygens (including phenoxy) is 1. The van der Waals surface area contributed by atoms with E-state index in [1.165, 1.54) is 42.4 Å². The van der Waals surface area contributed by atoms with Crippen LogP contribution >= 0.6 is 0 Å². The molecule has 0 unspecified atom stereocenters. The number of aryl methyl sites for hydroxylation is 1. The molecule has 4 rings (SSSR count). The Labute approximate surface area is 174 Å². The van der Waals surface area contributed by atoms with Crippen LogP contribution in [0.15, 0.2) is 53.8 Å². The Bertz CT molecular complexity index is 1360. The van der Waals surface area contributed by atoms with Gasteiger partial charge < -0.3 is 4.74 Å². The first kappa shape index (κ1) is 20.7. The molecule has 0 aliphatic heterocycles. The molecule has 4 aromatic rings. The van der Waals surface area contributed by atoms with Gasteiger partial charge in [-0.2, -0.15) is 23.4 Å². The van der Waals surface area contributed by atoms with Crippen LogP contribution in [-0.2, 0) is 23.2 Å². The van der Waals surface area contributed by atoms with E-state index in [-0.39, 0.29) is 22.2 Å². The molecule has 1 aromatic carbocycles. The highest BCUT2D eigenvalue weighted by Gasteiger charge is 2.33. The second-order valence-corrected chi connectivity index (χ2v) is 8.08. The highest BCUT2D eigenvalue weighted by molar-refractivity contribution is 7.93. The number of anilines is 1. The summed E-state index contributed by atoms with van der Waals surface area (Å²) in [6, 6.07) is 6.74. The van der Waals surface area contributed by atoms with Crippen LogP contribution in [0.3, 0.4) is 0 Å². The monoisotopic (exact) mass is 452 g/mol. The SMILES string of the molecule is COc1ccc2cnn(C)c2c1S(=O)(=O)Nc1ccc(-n2ccc(C(F)(F)F)n2)nc1. The number of hydrogen-bond acceptors (Lipinski definition) is 6. The first-order chi connectivity index (χ1) is 14.6. The molecule has 0 spiro atoms. The number of halogens is 3. The van der Waals surface area contributed by atoms with Crippen molar-refractivity contribution in [2.24, 2.45) is 7.05 Å². The Balaban J connectivity index is 1.66. The Hall–Kier alpha value is -3.61. The van der Waals surface area contributed by atoms with E-state index >= 15 is 0 Å². The Morgan fingerprint density at radius 2 is 1.87 bits per heavy atom. The van der Waals surface area contributed by atoms with Crippen molar-refractivity contribution >= 4 is 26.6 Å². The number of benzene rings is 1. The summed E-state index contributed by atoms with van der Waals surface area (Å²) >= 11 is 0. The number of fused-ring (bicyclic) bond motifs is 1. The third-order valence-electron chi connectivity index (χ3n) is 4.42. The second-order valence-electron chi connectivity index (χ2n) is 6.46. The predicted molar refractivity (Wildman–Crippen MR) is 104 cm³/mol. The summed E-state index contributed by atoms with van der Waals surface area (Å²) in [5.74, 6) is 0.217. The molecular formula is C18H15F3N6O3S. The molecule has 0 aliphatic rings. The van der Waals surface area contributed by atoms with Crippen molar-refractivity contribution in [1.82, 2.24) is 24.5 Å². The van der Waals surface area contributed by atoms with Crippen LogP contribution < -0.4 is 9.46 Å². The topological polar surface area (TPSA) is 104 Å². The normalized spacial score (nSPS) is 12.3. The summed E-state index contributed by atoms with van der Waals surface area (Å²) in [7, 11) is -1.15. The number of rotatable bonds is 5. The number of pyridine rings is 1. The number of alkyl halides is 3. The zero-order chi connectivity index (χ0) is 22.4. The molecule has 3 heterocycles. The molecule has 9 nitrogen and oxygen atoms in total. The van der Waals surface area contributed by atoms with Crippen LogP contribution in [0.25, 0.3) is 16.7 Å². The summed E-state index contributed by atoms with van der Waals surface area (Å²) in [4.78, 5) is 3.89. The van der Waals surface area contributed by atoms with E-state index in [0.717, 1.165) is 16.9 Å². The third-order valence-corrected chi connectivity index (χ3v) is 5.86. The lowest BCUT2D eigenvalue weighted by Crippen LogP contribution is -2.16. The lowest BCUT2D eigenvalue weighted by molar-refractivity contribution is -0.141. The van der Waals surface area contributed by atoms with E-state index in [1.807, 2.05) is 0 Å². The minimum atomic E-state index is -4.58. The summed E-state index contributed by atoms with van der Waals surface area (Å²) < 4.78 is 74.4. The number of nitrogens with zero attached hydrogens (tertiary/aromatic N) is 5. The Kier molecular flexibility index (Phi) is 4.84. The van der Waals surface area contributed by atoms with Gasteiger partial charge in [0.25, 0.3) is 10.0 Å². The van der Waals surface area contributed by atoms with Gasteiger partial charge in [0.2, 0.25) is 0 Å². The van der Waals surface area contributed by atoms with Crippen molar-refractivity contribution in [1.29, 1.82) is 0 Å². The first-order valence-electron chi connectivity index (χ1n) is 8.71. The number of methoxy groups -OCH3 is 1. The molecule has 162 valence electrons. The van der Waals surface area contributed by atoms with E-state index in [2.05, 4.69) is 19.9 Å². The van der Waals surface area contributed by atoms with E-state index in [4.69, 9.17) is 4.74 Å². The molecule has 0 saturated heterocycles. The van der Waals surface area contributed by atoms with Crippen LogP contribution in [0, 0.1) is 0 Å². The van der Waals surface area contributed by atoms with Gasteiger partial charge >= 0.3 is 6.18 Å². The van der Waals surface area contributed by atoms with Gasteiger partial charge in [0.15, 0.2) is 16.4 Å². The maximum absolute atomic E-state index is 13.1. The van der Waals surface area contributed by atoms with E-state index in [0.29, 0.717) is 10.9 Å². The summed E-state index contributed by atoms with van der Waals surface area (Å²) in [6.45, 7) is 0. The molecule has 0 atom stereocenters. The first-order valence-corrected chi connectivity index (χ1v) is 10.2. The fraction of sp³-hybridized carbons (Fsp3) is 0.167. The van der Waals surface area contributed by atoms with Crippen molar-refractivity contribution in [2.75, 3.05) is 11.8 Å². The fourth-order valence-corrected chi connectivity index (χ4v) is 4.48. The number of nitrogens with one attached hydrogen (secondary N) is 1. The highest BCUT2D eigenvalue weighted by Crippen LogP contribution is 2.33. The summed E-state index contributed by atoms with van der Waals surface area (Å²) in [5, 5.41) is 8.12. The maximum Gasteiger partial charge on any atom is 0.435 e. The van der Waals surface area contributed by atoms with Crippen molar-refractivity contribution in [2.45, 2.75) is 11.1 Å². The van der Waals surface area contributed by atoms with E-state index < -0.39 is 21.9 Å². The van der Waals surface area contributed by atoms with Gasteiger partial charge in [-0.3, -0.25) is 9.40 Å². The van der Waals surface area contributed by atoms with Gasteiger partial charge in [0.05, 0.1) is 30.7 Å². The highest BCUT2D eigenvalue weighted by atomic mass is 32.2. The summed E-state index contributed by atoms with van der Waals surface area (Å²) in [6.07, 6.45) is -0.753. The van der Waals surface area contributed by atoms with Crippen LogP contribution in [0.2, 0.25) is 0 Å². The molecule has 31 heavy (non-hydrogen) atoms. The molecule has 0 amide bonds. The Morgan fingerprint density at radius 1 is 1.10 bits per heavy atom. The molecule has 0 fully saturated rings. The Morgan fingerprint density at radius 3 is 2.48 bits per heavy atom. The molecule has 13 heteroatoms. The van der Waals surface area contributed by atoms with Gasteiger partial charge in [0.1, 0.15) is 5.75 Å². The zero-order valence-corrected chi connectivity index (χ0v) is 16.9. The molecule has 1 N–H and O–H groups in total. The quantitative estimate of drug-likeness (QED) is 0.499. The van der Waals surface area contributed by atoms with Crippen LogP contribution in [-0.4, -0.2) is 40.1 Å².